The zero-order chi connectivity index (χ0) is 22.0. The number of carbonyl (C=O) groups is 1. The van der Waals surface area contributed by atoms with Crippen LogP contribution in [-0.4, -0.2) is 29.0 Å². The molecule has 0 fully saturated rings. The molecule has 0 bridgehead atoms. The van der Waals surface area contributed by atoms with Crippen LogP contribution in [0.4, 0.5) is 24.7 Å². The lowest BCUT2D eigenvalue weighted by Gasteiger charge is -2.29. The number of amides is 1. The molecular formula is C22H17F3N4O2. The van der Waals surface area contributed by atoms with Crippen molar-refractivity contribution in [1.82, 2.24) is 9.97 Å². The van der Waals surface area contributed by atoms with Gasteiger partial charge in [-0.05, 0) is 42.7 Å². The predicted octanol–water partition coefficient (Wildman–Crippen LogP) is 4.01. The molecule has 4 rings (SSSR count). The quantitative estimate of drug-likeness (QED) is 0.641. The van der Waals surface area contributed by atoms with Crippen LogP contribution in [0.1, 0.15) is 18.1 Å². The summed E-state index contributed by atoms with van der Waals surface area (Å²) in [5.74, 6) is 5.61. The Morgan fingerprint density at radius 2 is 2.10 bits per heavy atom. The molecule has 31 heavy (non-hydrogen) atoms. The highest BCUT2D eigenvalue weighted by Crippen LogP contribution is 2.40. The second kappa shape index (κ2) is 8.14. The number of aromatic nitrogens is 2. The molecule has 9 heteroatoms. The molecule has 3 aromatic rings. The summed E-state index contributed by atoms with van der Waals surface area (Å²) < 4.78 is 44.8. The van der Waals surface area contributed by atoms with Crippen molar-refractivity contribution in [1.29, 1.82) is 0 Å². The van der Waals surface area contributed by atoms with E-state index >= 15 is 0 Å². The Kier molecular flexibility index (Phi) is 5.38. The van der Waals surface area contributed by atoms with Gasteiger partial charge in [0.05, 0.1) is 28.7 Å². The van der Waals surface area contributed by atoms with Crippen LogP contribution in [0, 0.1) is 11.8 Å². The molecule has 0 aliphatic carbocycles. The van der Waals surface area contributed by atoms with Gasteiger partial charge in [-0.25, -0.2) is 9.97 Å². The first kappa shape index (κ1) is 20.5. The van der Waals surface area contributed by atoms with Crippen LogP contribution >= 0.6 is 0 Å². The topological polar surface area (TPSA) is 67.4 Å². The van der Waals surface area contributed by atoms with Crippen LogP contribution in [0.15, 0.2) is 42.7 Å². The lowest BCUT2D eigenvalue weighted by atomic mass is 10.1. The van der Waals surface area contributed by atoms with E-state index in [1.54, 1.807) is 25.1 Å². The van der Waals surface area contributed by atoms with Gasteiger partial charge in [-0.2, -0.15) is 13.2 Å². The monoisotopic (exact) mass is 426 g/mol. The van der Waals surface area contributed by atoms with E-state index in [1.807, 2.05) is 0 Å². The first-order valence-electron chi connectivity index (χ1n) is 9.43. The average Bonchev–Trinajstić information content (AvgIpc) is 2.76. The third-order valence-corrected chi connectivity index (χ3v) is 4.78. The number of carbonyl (C=O) groups excluding carboxylic acids is 1. The number of rotatable bonds is 3. The maximum absolute atomic E-state index is 13.0. The van der Waals surface area contributed by atoms with Crippen molar-refractivity contribution < 1.29 is 22.7 Å². The highest BCUT2D eigenvalue weighted by molar-refractivity contribution is 6.10. The summed E-state index contributed by atoms with van der Waals surface area (Å²) in [5, 5.41) is 3.62. The predicted molar refractivity (Wildman–Crippen MR) is 110 cm³/mol. The van der Waals surface area contributed by atoms with Gasteiger partial charge in [-0.15, -0.1) is 0 Å². The van der Waals surface area contributed by atoms with Gasteiger partial charge in [0, 0.05) is 6.54 Å². The molecule has 1 aliphatic rings. The van der Waals surface area contributed by atoms with E-state index in [2.05, 4.69) is 27.1 Å². The van der Waals surface area contributed by atoms with Crippen LogP contribution < -0.4 is 15.0 Å². The third-order valence-electron chi connectivity index (χ3n) is 4.78. The van der Waals surface area contributed by atoms with Crippen molar-refractivity contribution in [3.63, 3.8) is 0 Å². The number of hydrogen-bond donors (Lipinski definition) is 1. The number of nitrogens with one attached hydrogen (secondary N) is 1. The molecule has 0 saturated heterocycles. The van der Waals surface area contributed by atoms with Crippen LogP contribution in [0.3, 0.4) is 0 Å². The van der Waals surface area contributed by atoms with E-state index in [-0.39, 0.29) is 19.1 Å². The van der Waals surface area contributed by atoms with Crippen molar-refractivity contribution in [2.45, 2.75) is 19.6 Å². The van der Waals surface area contributed by atoms with Crippen LogP contribution in [0.5, 0.6) is 5.75 Å². The van der Waals surface area contributed by atoms with Gasteiger partial charge in [0.25, 0.3) is 0 Å². The third kappa shape index (κ3) is 4.10. The molecule has 0 spiro atoms. The molecule has 158 valence electrons. The number of alkyl halides is 3. The number of ether oxygens (including phenoxy) is 1. The van der Waals surface area contributed by atoms with Gasteiger partial charge in [-0.1, -0.05) is 18.1 Å². The SMILES string of the molecule is CC#CC(=O)N1CCOc2c1ccc1ncnc(NCc3cccc(C(F)(F)F)c3)c21. The fourth-order valence-electron chi connectivity index (χ4n) is 3.39. The van der Waals surface area contributed by atoms with Gasteiger partial charge < -0.3 is 10.1 Å². The zero-order valence-electron chi connectivity index (χ0n) is 16.5. The molecule has 0 saturated carbocycles. The summed E-state index contributed by atoms with van der Waals surface area (Å²) in [4.78, 5) is 22.4. The lowest BCUT2D eigenvalue weighted by molar-refractivity contribution is -0.137. The summed E-state index contributed by atoms with van der Waals surface area (Å²) >= 11 is 0. The summed E-state index contributed by atoms with van der Waals surface area (Å²) in [7, 11) is 0. The molecular weight excluding hydrogens is 409 g/mol. The Hall–Kier alpha value is -3.80. The highest BCUT2D eigenvalue weighted by Gasteiger charge is 2.30. The number of hydrogen-bond acceptors (Lipinski definition) is 5. The maximum atomic E-state index is 13.0. The van der Waals surface area contributed by atoms with Gasteiger partial charge in [0.2, 0.25) is 0 Å². The van der Waals surface area contributed by atoms with Crippen molar-refractivity contribution in [2.75, 3.05) is 23.4 Å². The van der Waals surface area contributed by atoms with Crippen molar-refractivity contribution in [3.05, 3.63) is 53.9 Å². The lowest BCUT2D eigenvalue weighted by Crippen LogP contribution is -2.37. The molecule has 0 radical (unpaired) electrons. The minimum Gasteiger partial charge on any atom is -0.489 e. The Labute approximate surface area is 176 Å². The Balaban J connectivity index is 1.70. The summed E-state index contributed by atoms with van der Waals surface area (Å²) in [5.41, 5.74) is 0.855. The number of halogens is 3. The van der Waals surface area contributed by atoms with E-state index in [1.165, 1.54) is 17.3 Å². The zero-order valence-corrected chi connectivity index (χ0v) is 16.5. The molecule has 0 unspecified atom stereocenters. The molecule has 2 heterocycles. The first-order chi connectivity index (χ1) is 14.9. The van der Waals surface area contributed by atoms with Crippen LogP contribution in [0.2, 0.25) is 0 Å². The molecule has 1 N–H and O–H groups in total. The normalized spacial score (nSPS) is 13.1. The second-order valence-electron chi connectivity index (χ2n) is 6.76. The molecule has 6 nitrogen and oxygen atoms in total. The number of nitrogens with zero attached hydrogens (tertiary/aromatic N) is 3. The van der Waals surface area contributed by atoms with Crippen LogP contribution in [0.25, 0.3) is 10.9 Å². The molecule has 1 aromatic heterocycles. The van der Waals surface area contributed by atoms with Crippen LogP contribution in [-0.2, 0) is 17.5 Å². The van der Waals surface area contributed by atoms with E-state index < -0.39 is 11.7 Å². The number of benzene rings is 2. The van der Waals surface area contributed by atoms with E-state index in [0.717, 1.165) is 12.1 Å². The minimum atomic E-state index is -4.41. The molecule has 1 aliphatic heterocycles. The van der Waals surface area contributed by atoms with Crippen molar-refractivity contribution in [2.24, 2.45) is 0 Å². The van der Waals surface area contributed by atoms with Gasteiger partial charge in [-0.3, -0.25) is 9.69 Å². The molecule has 1 amide bonds. The Morgan fingerprint density at radius 1 is 1.26 bits per heavy atom. The second-order valence-corrected chi connectivity index (χ2v) is 6.76. The fraction of sp³-hybridized carbons (Fsp3) is 0.227. The Bertz CT molecular complexity index is 1210. The fourth-order valence-corrected chi connectivity index (χ4v) is 3.39. The first-order valence-corrected chi connectivity index (χ1v) is 9.43. The van der Waals surface area contributed by atoms with Crippen molar-refractivity contribution in [3.8, 4) is 17.6 Å². The molecule has 0 atom stereocenters. The highest BCUT2D eigenvalue weighted by atomic mass is 19.4. The number of anilines is 2. The van der Waals surface area contributed by atoms with Gasteiger partial charge in [0.1, 0.15) is 18.8 Å². The summed E-state index contributed by atoms with van der Waals surface area (Å²) in [6.45, 7) is 2.32. The van der Waals surface area contributed by atoms with E-state index in [0.29, 0.717) is 40.3 Å². The van der Waals surface area contributed by atoms with E-state index in [9.17, 15) is 18.0 Å². The van der Waals surface area contributed by atoms with E-state index in [4.69, 9.17) is 4.74 Å². The largest absolute Gasteiger partial charge is 0.489 e. The summed E-state index contributed by atoms with van der Waals surface area (Å²) in [6, 6.07) is 8.54. The standard InChI is InChI=1S/C22H17F3N4O2/c1-2-4-18(30)29-9-10-31-20-17(29)8-7-16-19(20)21(28-13-27-16)26-12-14-5-3-6-15(11-14)22(23,24)25/h3,5-8,11,13H,9-10,12H2,1H3,(H,26,27,28). The Morgan fingerprint density at radius 3 is 2.87 bits per heavy atom. The minimum absolute atomic E-state index is 0.115. The molecule has 2 aromatic carbocycles. The summed E-state index contributed by atoms with van der Waals surface area (Å²) in [6.07, 6.45) is -3.06. The number of fused-ring (bicyclic) bond motifs is 3. The maximum Gasteiger partial charge on any atom is 0.416 e. The van der Waals surface area contributed by atoms with Gasteiger partial charge in [0.15, 0.2) is 5.75 Å². The van der Waals surface area contributed by atoms with Gasteiger partial charge >= 0.3 is 12.1 Å². The van der Waals surface area contributed by atoms with Crippen molar-refractivity contribution >= 4 is 28.3 Å². The smallest absolute Gasteiger partial charge is 0.416 e. The average molecular weight is 426 g/mol.